The van der Waals surface area contributed by atoms with Crippen LogP contribution < -0.4 is 9.47 Å². The largest absolute Gasteiger partial charge is 0.481 e. The van der Waals surface area contributed by atoms with Crippen LogP contribution in [0.15, 0.2) is 42.5 Å². The lowest BCUT2D eigenvalue weighted by Crippen LogP contribution is -2.12. The monoisotopic (exact) mass is 351 g/mol. The van der Waals surface area contributed by atoms with Gasteiger partial charge in [0.25, 0.3) is 0 Å². The van der Waals surface area contributed by atoms with E-state index in [0.717, 1.165) is 5.56 Å². The number of Topliss-reactive ketones (excluding diaryl/α,β-unsaturated/α-hetero) is 1. The molecule has 26 heavy (non-hydrogen) atoms. The molecular formula is C22H25NO3. The molecule has 0 radical (unpaired) electrons. The molecule has 1 spiro atoms. The number of carbonyl (C=O) groups is 1. The van der Waals surface area contributed by atoms with Crippen LogP contribution >= 0.6 is 0 Å². The Hall–Kier alpha value is -2.36. The van der Waals surface area contributed by atoms with Crippen LogP contribution in [0.3, 0.4) is 0 Å². The first-order valence-electron chi connectivity index (χ1n) is 9.35. The summed E-state index contributed by atoms with van der Waals surface area (Å²) in [6.45, 7) is 0. The molecule has 2 aliphatic rings. The summed E-state index contributed by atoms with van der Waals surface area (Å²) in [6.07, 6.45) is 5.18. The molecule has 4 rings (SSSR count). The Morgan fingerprint density at radius 3 is 2.46 bits per heavy atom. The zero-order valence-electron chi connectivity index (χ0n) is 15.4. The molecule has 1 heterocycles. The van der Waals surface area contributed by atoms with Gasteiger partial charge in [-0.25, -0.2) is 0 Å². The molecule has 0 N–H and O–H groups in total. The van der Waals surface area contributed by atoms with Crippen LogP contribution in [-0.4, -0.2) is 25.0 Å². The number of carbonyl (C=O) groups excluding carboxylic acids is 1. The fourth-order valence-electron chi connectivity index (χ4n) is 5.01. The lowest BCUT2D eigenvalue weighted by atomic mass is 9.96. The van der Waals surface area contributed by atoms with Gasteiger partial charge in [-0.1, -0.05) is 43.2 Å². The average Bonchev–Trinajstić information content (AvgIpc) is 3.07. The van der Waals surface area contributed by atoms with Crippen LogP contribution in [0.2, 0.25) is 0 Å². The second-order valence-corrected chi connectivity index (χ2v) is 7.47. The number of hydrogen-bond acceptors (Lipinski definition) is 4. The van der Waals surface area contributed by atoms with E-state index in [9.17, 15) is 4.79 Å². The highest BCUT2D eigenvalue weighted by Crippen LogP contribution is 2.72. The molecule has 1 aromatic heterocycles. The molecule has 0 aliphatic heterocycles. The van der Waals surface area contributed by atoms with Gasteiger partial charge in [0.2, 0.25) is 11.8 Å². The van der Waals surface area contributed by atoms with Crippen molar-refractivity contribution in [2.45, 2.75) is 38.0 Å². The third kappa shape index (κ3) is 2.77. The molecule has 0 amide bonds. The number of aromatic nitrogens is 1. The number of ketones is 1. The summed E-state index contributed by atoms with van der Waals surface area (Å²) >= 11 is 0. The molecule has 0 saturated heterocycles. The molecule has 4 heteroatoms. The van der Waals surface area contributed by atoms with Crippen molar-refractivity contribution in [2.24, 2.45) is 11.3 Å². The normalized spacial score (nSPS) is 23.0. The van der Waals surface area contributed by atoms with Crippen LogP contribution in [0.5, 0.6) is 11.8 Å². The number of benzene rings is 1. The first-order chi connectivity index (χ1) is 12.7. The lowest BCUT2D eigenvalue weighted by molar-refractivity contribution is -0.120. The van der Waals surface area contributed by atoms with Crippen molar-refractivity contribution < 1.29 is 14.3 Å². The quantitative estimate of drug-likeness (QED) is 0.783. The zero-order chi connectivity index (χ0) is 18.1. The molecule has 0 unspecified atom stereocenters. The van der Waals surface area contributed by atoms with Gasteiger partial charge in [-0.05, 0) is 29.9 Å². The van der Waals surface area contributed by atoms with Crippen LogP contribution in [0.25, 0.3) is 0 Å². The van der Waals surface area contributed by atoms with E-state index in [-0.39, 0.29) is 11.3 Å². The maximum absolute atomic E-state index is 13.2. The van der Waals surface area contributed by atoms with E-state index in [2.05, 4.69) is 29.2 Å². The van der Waals surface area contributed by atoms with Crippen molar-refractivity contribution in [1.82, 2.24) is 4.98 Å². The molecule has 1 aromatic carbocycles. The summed E-state index contributed by atoms with van der Waals surface area (Å²) < 4.78 is 10.5. The van der Waals surface area contributed by atoms with Gasteiger partial charge >= 0.3 is 0 Å². The van der Waals surface area contributed by atoms with Crippen molar-refractivity contribution in [3.63, 3.8) is 0 Å². The van der Waals surface area contributed by atoms with Gasteiger partial charge < -0.3 is 9.47 Å². The van der Waals surface area contributed by atoms with Crippen molar-refractivity contribution in [2.75, 3.05) is 14.2 Å². The Morgan fingerprint density at radius 2 is 1.81 bits per heavy atom. The van der Waals surface area contributed by atoms with Crippen LogP contribution in [0, 0.1) is 11.3 Å². The van der Waals surface area contributed by atoms with Crippen molar-refractivity contribution in [1.29, 1.82) is 0 Å². The van der Waals surface area contributed by atoms with Crippen molar-refractivity contribution in [3.05, 3.63) is 53.6 Å². The predicted octanol–water partition coefficient (Wildman–Crippen LogP) is 4.18. The van der Waals surface area contributed by atoms with Crippen LogP contribution in [-0.2, 0) is 11.2 Å². The van der Waals surface area contributed by atoms with Crippen molar-refractivity contribution in [3.8, 4) is 11.8 Å². The third-order valence-corrected chi connectivity index (χ3v) is 6.18. The highest BCUT2D eigenvalue weighted by molar-refractivity contribution is 5.89. The van der Waals surface area contributed by atoms with Crippen LogP contribution in [0.4, 0.5) is 0 Å². The summed E-state index contributed by atoms with van der Waals surface area (Å²) in [7, 11) is 3.16. The fourth-order valence-corrected chi connectivity index (χ4v) is 5.01. The van der Waals surface area contributed by atoms with Gasteiger partial charge in [0.05, 0.1) is 14.2 Å². The molecule has 0 bridgehead atoms. The molecule has 4 nitrogen and oxygen atoms in total. The lowest BCUT2D eigenvalue weighted by Gasteiger charge is -2.10. The Kier molecular flexibility index (Phi) is 4.43. The summed E-state index contributed by atoms with van der Waals surface area (Å²) in [6, 6.07) is 14.2. The number of pyridine rings is 1. The van der Waals surface area contributed by atoms with E-state index in [1.54, 1.807) is 20.3 Å². The minimum Gasteiger partial charge on any atom is -0.481 e. The second kappa shape index (κ2) is 6.75. The maximum Gasteiger partial charge on any atom is 0.220 e. The topological polar surface area (TPSA) is 48.4 Å². The van der Waals surface area contributed by atoms with E-state index in [1.807, 2.05) is 12.1 Å². The highest BCUT2D eigenvalue weighted by Gasteiger charge is 2.67. The molecule has 2 fully saturated rings. The SMILES string of the molecule is COc1ccc(CC(=O)[C@@H]2[C@@H](c3ccccc3)C23CCCC3)c(OC)n1. The van der Waals surface area contributed by atoms with E-state index in [0.29, 0.717) is 29.9 Å². The highest BCUT2D eigenvalue weighted by atomic mass is 16.5. The molecular weight excluding hydrogens is 326 g/mol. The van der Waals surface area contributed by atoms with Crippen molar-refractivity contribution >= 4 is 5.78 Å². The average molecular weight is 351 g/mol. The molecule has 2 atom stereocenters. The first-order valence-corrected chi connectivity index (χ1v) is 9.35. The minimum atomic E-state index is 0.124. The third-order valence-electron chi connectivity index (χ3n) is 6.18. The summed E-state index contributed by atoms with van der Waals surface area (Å²) in [5, 5.41) is 0. The fraction of sp³-hybridized carbons (Fsp3) is 0.455. The Morgan fingerprint density at radius 1 is 1.08 bits per heavy atom. The number of ether oxygens (including phenoxy) is 2. The molecule has 2 saturated carbocycles. The van der Waals surface area contributed by atoms with Gasteiger partial charge in [0.15, 0.2) is 0 Å². The first kappa shape index (κ1) is 17.1. The Bertz CT molecular complexity index is 796. The minimum absolute atomic E-state index is 0.124. The molecule has 2 aliphatic carbocycles. The van der Waals surface area contributed by atoms with Gasteiger partial charge in [-0.15, -0.1) is 0 Å². The number of nitrogens with zero attached hydrogens (tertiary/aromatic N) is 1. The maximum atomic E-state index is 13.2. The van der Waals surface area contributed by atoms with E-state index in [4.69, 9.17) is 9.47 Å². The van der Waals surface area contributed by atoms with Gasteiger partial charge in [0, 0.05) is 29.9 Å². The van der Waals surface area contributed by atoms with E-state index >= 15 is 0 Å². The smallest absolute Gasteiger partial charge is 0.220 e. The van der Waals surface area contributed by atoms with Gasteiger partial charge in [0.1, 0.15) is 5.78 Å². The number of methoxy groups -OCH3 is 2. The van der Waals surface area contributed by atoms with E-state index in [1.165, 1.54) is 31.2 Å². The predicted molar refractivity (Wildman–Crippen MR) is 99.6 cm³/mol. The molecule has 136 valence electrons. The summed E-state index contributed by atoms with van der Waals surface area (Å²) in [4.78, 5) is 17.5. The Labute approximate surface area is 154 Å². The Balaban J connectivity index is 1.58. The zero-order valence-corrected chi connectivity index (χ0v) is 15.4. The summed E-state index contributed by atoms with van der Waals surface area (Å²) in [5.74, 6) is 1.79. The second-order valence-electron chi connectivity index (χ2n) is 7.47. The van der Waals surface area contributed by atoms with Gasteiger partial charge in [-0.2, -0.15) is 4.98 Å². The molecule has 2 aromatic rings. The number of hydrogen-bond donors (Lipinski definition) is 0. The number of rotatable bonds is 6. The van der Waals surface area contributed by atoms with Crippen LogP contribution in [0.1, 0.15) is 42.7 Å². The van der Waals surface area contributed by atoms with E-state index < -0.39 is 0 Å². The van der Waals surface area contributed by atoms with Gasteiger partial charge in [-0.3, -0.25) is 4.79 Å². The summed E-state index contributed by atoms with van der Waals surface area (Å²) in [5.41, 5.74) is 2.34. The standard InChI is InChI=1S/C22H25NO3/c1-25-18-11-10-16(21(23-18)26-2)14-17(24)20-19(15-8-4-3-5-9-15)22(20)12-6-7-13-22/h3-5,8-11,19-20H,6-7,12-14H2,1-2H3/t19-,20-/m1/s1.